The fourth-order valence-corrected chi connectivity index (χ4v) is 3.04. The standard InChI is InChI=1S/C15H26N4/c1-3-15(2,19-8-4-5-9-19)13(16)10-12-6-7-18-14(17)11-12/h6-7,11,13H,3-5,8-10,16H2,1-2H3,(H2,17,18). The summed E-state index contributed by atoms with van der Waals surface area (Å²) in [6, 6.07) is 4.06. The predicted octanol–water partition coefficient (Wildman–Crippen LogP) is 1.80. The van der Waals surface area contributed by atoms with Crippen LogP contribution in [0.4, 0.5) is 5.82 Å². The van der Waals surface area contributed by atoms with Gasteiger partial charge in [-0.1, -0.05) is 6.92 Å². The van der Waals surface area contributed by atoms with Gasteiger partial charge in [-0.2, -0.15) is 0 Å². The van der Waals surface area contributed by atoms with Crippen molar-refractivity contribution in [2.75, 3.05) is 18.8 Å². The largest absolute Gasteiger partial charge is 0.384 e. The molecular formula is C15H26N4. The third-order valence-corrected chi connectivity index (χ3v) is 4.64. The van der Waals surface area contributed by atoms with Crippen molar-refractivity contribution in [2.45, 2.75) is 51.1 Å². The quantitative estimate of drug-likeness (QED) is 0.849. The molecule has 0 saturated carbocycles. The third kappa shape index (κ3) is 3.07. The molecule has 19 heavy (non-hydrogen) atoms. The van der Waals surface area contributed by atoms with E-state index in [9.17, 15) is 0 Å². The van der Waals surface area contributed by atoms with Gasteiger partial charge in [-0.15, -0.1) is 0 Å². The lowest BCUT2D eigenvalue weighted by atomic mass is 9.84. The molecule has 1 aliphatic heterocycles. The van der Waals surface area contributed by atoms with Gasteiger partial charge in [-0.3, -0.25) is 4.90 Å². The number of hydrogen-bond donors (Lipinski definition) is 2. The van der Waals surface area contributed by atoms with Crippen LogP contribution in [0, 0.1) is 0 Å². The van der Waals surface area contributed by atoms with E-state index in [0.717, 1.165) is 12.8 Å². The number of hydrogen-bond acceptors (Lipinski definition) is 4. The lowest BCUT2D eigenvalue weighted by Gasteiger charge is -2.43. The Morgan fingerprint density at radius 1 is 1.42 bits per heavy atom. The van der Waals surface area contributed by atoms with Crippen LogP contribution in [0.25, 0.3) is 0 Å². The molecule has 1 aromatic rings. The second-order valence-electron chi connectivity index (χ2n) is 5.80. The Morgan fingerprint density at radius 2 is 2.11 bits per heavy atom. The molecule has 106 valence electrons. The van der Waals surface area contributed by atoms with Crippen LogP contribution in [-0.2, 0) is 6.42 Å². The van der Waals surface area contributed by atoms with Gasteiger partial charge in [0.15, 0.2) is 0 Å². The highest BCUT2D eigenvalue weighted by Crippen LogP contribution is 2.28. The van der Waals surface area contributed by atoms with Crippen molar-refractivity contribution in [3.63, 3.8) is 0 Å². The van der Waals surface area contributed by atoms with Crippen molar-refractivity contribution in [3.05, 3.63) is 23.9 Å². The predicted molar refractivity (Wildman–Crippen MR) is 79.8 cm³/mol. The molecule has 4 nitrogen and oxygen atoms in total. The monoisotopic (exact) mass is 262 g/mol. The number of rotatable bonds is 5. The van der Waals surface area contributed by atoms with Crippen LogP contribution in [0.15, 0.2) is 18.3 Å². The first-order chi connectivity index (χ1) is 9.06. The smallest absolute Gasteiger partial charge is 0.123 e. The van der Waals surface area contributed by atoms with Gasteiger partial charge in [0.2, 0.25) is 0 Å². The Bertz CT molecular complexity index is 414. The number of aromatic nitrogens is 1. The molecule has 2 heterocycles. The Labute approximate surface area is 116 Å². The summed E-state index contributed by atoms with van der Waals surface area (Å²) in [5.41, 5.74) is 13.5. The number of nitrogens with two attached hydrogens (primary N) is 2. The van der Waals surface area contributed by atoms with Crippen molar-refractivity contribution in [1.82, 2.24) is 9.88 Å². The van der Waals surface area contributed by atoms with Crippen molar-refractivity contribution < 1.29 is 0 Å². The van der Waals surface area contributed by atoms with E-state index in [1.165, 1.54) is 31.5 Å². The number of nitrogens with zero attached hydrogens (tertiary/aromatic N) is 2. The zero-order valence-corrected chi connectivity index (χ0v) is 12.1. The topological polar surface area (TPSA) is 68.2 Å². The lowest BCUT2D eigenvalue weighted by molar-refractivity contribution is 0.0999. The molecule has 1 saturated heterocycles. The van der Waals surface area contributed by atoms with Gasteiger partial charge >= 0.3 is 0 Å². The molecule has 1 aromatic heterocycles. The van der Waals surface area contributed by atoms with Gasteiger partial charge in [-0.25, -0.2) is 4.98 Å². The number of anilines is 1. The van der Waals surface area contributed by atoms with Crippen LogP contribution in [0.3, 0.4) is 0 Å². The molecule has 0 bridgehead atoms. The molecular weight excluding hydrogens is 236 g/mol. The van der Waals surface area contributed by atoms with Crippen LogP contribution in [0.5, 0.6) is 0 Å². The van der Waals surface area contributed by atoms with E-state index in [0.29, 0.717) is 5.82 Å². The molecule has 1 aliphatic rings. The summed E-state index contributed by atoms with van der Waals surface area (Å²) >= 11 is 0. The van der Waals surface area contributed by atoms with Gasteiger partial charge in [0, 0.05) is 17.8 Å². The Kier molecular flexibility index (Phi) is 4.42. The first kappa shape index (κ1) is 14.3. The van der Waals surface area contributed by atoms with E-state index in [1.807, 2.05) is 12.1 Å². The van der Waals surface area contributed by atoms with E-state index in [2.05, 4.69) is 23.7 Å². The van der Waals surface area contributed by atoms with Crippen molar-refractivity contribution in [3.8, 4) is 0 Å². The molecule has 0 amide bonds. The van der Waals surface area contributed by atoms with E-state index in [-0.39, 0.29) is 11.6 Å². The third-order valence-electron chi connectivity index (χ3n) is 4.64. The highest BCUT2D eigenvalue weighted by molar-refractivity contribution is 5.32. The molecule has 0 spiro atoms. The van der Waals surface area contributed by atoms with E-state index in [4.69, 9.17) is 11.5 Å². The zero-order chi connectivity index (χ0) is 13.9. The highest BCUT2D eigenvalue weighted by Gasteiger charge is 2.37. The van der Waals surface area contributed by atoms with E-state index >= 15 is 0 Å². The summed E-state index contributed by atoms with van der Waals surface area (Å²) in [5, 5.41) is 0. The summed E-state index contributed by atoms with van der Waals surface area (Å²) in [4.78, 5) is 6.59. The first-order valence-electron chi connectivity index (χ1n) is 7.27. The minimum absolute atomic E-state index is 0.0779. The van der Waals surface area contributed by atoms with Gasteiger partial charge in [0.1, 0.15) is 5.82 Å². The molecule has 2 rings (SSSR count). The minimum Gasteiger partial charge on any atom is -0.384 e. The summed E-state index contributed by atoms with van der Waals surface area (Å²) in [6.45, 7) is 6.89. The van der Waals surface area contributed by atoms with Crippen LogP contribution in [-0.4, -0.2) is 34.6 Å². The van der Waals surface area contributed by atoms with Gasteiger partial charge in [-0.05, 0) is 63.4 Å². The zero-order valence-electron chi connectivity index (χ0n) is 12.1. The SMILES string of the molecule is CCC(C)(C(N)Cc1ccnc(N)c1)N1CCCC1. The molecule has 0 radical (unpaired) electrons. The molecule has 0 aromatic carbocycles. The van der Waals surface area contributed by atoms with Crippen molar-refractivity contribution >= 4 is 5.82 Å². The second-order valence-corrected chi connectivity index (χ2v) is 5.80. The fourth-order valence-electron chi connectivity index (χ4n) is 3.04. The first-order valence-corrected chi connectivity index (χ1v) is 7.27. The van der Waals surface area contributed by atoms with E-state index < -0.39 is 0 Å². The molecule has 2 atom stereocenters. The highest BCUT2D eigenvalue weighted by atomic mass is 15.2. The van der Waals surface area contributed by atoms with Gasteiger partial charge in [0.25, 0.3) is 0 Å². The van der Waals surface area contributed by atoms with Crippen LogP contribution < -0.4 is 11.5 Å². The maximum atomic E-state index is 6.52. The lowest BCUT2D eigenvalue weighted by Crippen LogP contribution is -2.57. The Hall–Kier alpha value is -1.13. The van der Waals surface area contributed by atoms with Crippen molar-refractivity contribution in [2.24, 2.45) is 5.73 Å². The normalized spacial score (nSPS) is 21.2. The average Bonchev–Trinajstić information content (AvgIpc) is 2.92. The number of pyridine rings is 1. The Balaban J connectivity index is 2.09. The van der Waals surface area contributed by atoms with Gasteiger partial charge in [0.05, 0.1) is 0 Å². The maximum Gasteiger partial charge on any atom is 0.123 e. The van der Waals surface area contributed by atoms with Crippen molar-refractivity contribution in [1.29, 1.82) is 0 Å². The maximum absolute atomic E-state index is 6.52. The molecule has 4 heteroatoms. The fraction of sp³-hybridized carbons (Fsp3) is 0.667. The summed E-state index contributed by atoms with van der Waals surface area (Å²) in [7, 11) is 0. The molecule has 0 aliphatic carbocycles. The van der Waals surface area contributed by atoms with Gasteiger partial charge < -0.3 is 11.5 Å². The van der Waals surface area contributed by atoms with Crippen LogP contribution >= 0.6 is 0 Å². The number of nitrogen functional groups attached to an aromatic ring is 1. The summed E-state index contributed by atoms with van der Waals surface area (Å²) < 4.78 is 0. The average molecular weight is 262 g/mol. The number of likely N-dealkylation sites (tertiary alicyclic amines) is 1. The molecule has 1 fully saturated rings. The summed E-state index contributed by atoms with van der Waals surface area (Å²) in [6.07, 6.45) is 6.29. The molecule has 4 N–H and O–H groups in total. The molecule has 2 unspecified atom stereocenters. The van der Waals surface area contributed by atoms with E-state index in [1.54, 1.807) is 6.20 Å². The van der Waals surface area contributed by atoms with Crippen LogP contribution in [0.1, 0.15) is 38.7 Å². The van der Waals surface area contributed by atoms with Crippen LogP contribution in [0.2, 0.25) is 0 Å². The summed E-state index contributed by atoms with van der Waals surface area (Å²) in [5.74, 6) is 0.573. The second kappa shape index (κ2) is 5.88. The minimum atomic E-state index is 0.0779. The Morgan fingerprint density at radius 3 is 2.68 bits per heavy atom.